The van der Waals surface area contributed by atoms with Gasteiger partial charge in [0.05, 0.1) is 11.0 Å². The first-order chi connectivity index (χ1) is 14.0. The van der Waals surface area contributed by atoms with Gasteiger partial charge in [-0.1, -0.05) is 43.3 Å². The lowest BCUT2D eigenvalue weighted by Gasteiger charge is -2.32. The van der Waals surface area contributed by atoms with E-state index < -0.39 is 10.0 Å². The molecule has 1 atom stereocenters. The van der Waals surface area contributed by atoms with Crippen LogP contribution in [-0.2, 0) is 21.3 Å². The fourth-order valence-electron chi connectivity index (χ4n) is 3.38. The van der Waals surface area contributed by atoms with Gasteiger partial charge in [-0.05, 0) is 43.0 Å². The number of carbonyl (C=O) groups is 1. The Morgan fingerprint density at radius 2 is 1.97 bits per heavy atom. The van der Waals surface area contributed by atoms with Gasteiger partial charge in [0.2, 0.25) is 10.0 Å². The van der Waals surface area contributed by atoms with Gasteiger partial charge in [0.1, 0.15) is 0 Å². The standard InChI is InChI=1S/C22H28N2O4S/c1-2-14-28-20-11-7-13-24(17-20)22(25)19-10-6-12-21(15-19)29(26,27)23-16-18-8-4-3-5-9-18/h3-6,8-10,12,15,20,23H,2,7,11,13-14,16-17H2,1H3. The van der Waals surface area contributed by atoms with Crippen molar-refractivity contribution in [2.75, 3.05) is 19.7 Å². The molecule has 1 N–H and O–H groups in total. The fourth-order valence-corrected chi connectivity index (χ4v) is 4.44. The number of nitrogens with zero attached hydrogens (tertiary/aromatic N) is 1. The number of carbonyl (C=O) groups excluding carboxylic acids is 1. The van der Waals surface area contributed by atoms with Crippen LogP contribution in [0, 0.1) is 0 Å². The second-order valence-electron chi connectivity index (χ2n) is 7.22. The number of sulfonamides is 1. The summed E-state index contributed by atoms with van der Waals surface area (Å²) in [6.07, 6.45) is 2.82. The number of ether oxygens (including phenoxy) is 1. The van der Waals surface area contributed by atoms with E-state index in [0.717, 1.165) is 24.8 Å². The van der Waals surface area contributed by atoms with E-state index in [9.17, 15) is 13.2 Å². The van der Waals surface area contributed by atoms with Gasteiger partial charge in [-0.15, -0.1) is 0 Å². The number of hydrogen-bond donors (Lipinski definition) is 1. The minimum atomic E-state index is -3.71. The van der Waals surface area contributed by atoms with Crippen LogP contribution in [0.1, 0.15) is 42.1 Å². The molecule has 1 fully saturated rings. The Bertz CT molecular complexity index is 915. The maximum Gasteiger partial charge on any atom is 0.253 e. The molecule has 1 aliphatic heterocycles. The van der Waals surface area contributed by atoms with Crippen LogP contribution in [0.25, 0.3) is 0 Å². The van der Waals surface area contributed by atoms with Gasteiger partial charge in [-0.25, -0.2) is 13.1 Å². The number of amides is 1. The van der Waals surface area contributed by atoms with Gasteiger partial charge in [-0.2, -0.15) is 0 Å². The number of likely N-dealkylation sites (tertiary alicyclic amines) is 1. The van der Waals surface area contributed by atoms with Crippen molar-refractivity contribution in [2.45, 2.75) is 43.7 Å². The highest BCUT2D eigenvalue weighted by Crippen LogP contribution is 2.19. The maximum absolute atomic E-state index is 12.9. The first-order valence-electron chi connectivity index (χ1n) is 10.0. The van der Waals surface area contributed by atoms with Gasteiger partial charge in [-0.3, -0.25) is 4.79 Å². The number of hydrogen-bond acceptors (Lipinski definition) is 4. The Kier molecular flexibility index (Phi) is 7.41. The van der Waals surface area contributed by atoms with E-state index in [1.165, 1.54) is 12.1 Å². The van der Waals surface area contributed by atoms with Crippen molar-refractivity contribution in [1.29, 1.82) is 0 Å². The molecule has 2 aromatic carbocycles. The molecule has 0 aliphatic carbocycles. The second kappa shape index (κ2) is 10.0. The number of benzene rings is 2. The molecule has 29 heavy (non-hydrogen) atoms. The molecular weight excluding hydrogens is 388 g/mol. The summed E-state index contributed by atoms with van der Waals surface area (Å²) >= 11 is 0. The highest BCUT2D eigenvalue weighted by Gasteiger charge is 2.25. The Hall–Kier alpha value is -2.22. The third-order valence-electron chi connectivity index (χ3n) is 4.92. The summed E-state index contributed by atoms with van der Waals surface area (Å²) in [7, 11) is -3.71. The Labute approximate surface area is 172 Å². The van der Waals surface area contributed by atoms with Gasteiger partial charge < -0.3 is 9.64 Å². The largest absolute Gasteiger partial charge is 0.376 e. The molecule has 2 aromatic rings. The Morgan fingerprint density at radius 3 is 2.72 bits per heavy atom. The molecule has 0 bridgehead atoms. The summed E-state index contributed by atoms with van der Waals surface area (Å²) in [5, 5.41) is 0. The molecule has 0 aromatic heterocycles. The zero-order chi connectivity index (χ0) is 20.7. The van der Waals surface area contributed by atoms with Crippen LogP contribution in [0.5, 0.6) is 0 Å². The lowest BCUT2D eigenvalue weighted by atomic mass is 10.1. The highest BCUT2D eigenvalue weighted by atomic mass is 32.2. The predicted molar refractivity (Wildman–Crippen MR) is 112 cm³/mol. The van der Waals surface area contributed by atoms with Crippen LogP contribution in [0.2, 0.25) is 0 Å². The predicted octanol–water partition coefficient (Wildman–Crippen LogP) is 3.20. The highest BCUT2D eigenvalue weighted by molar-refractivity contribution is 7.89. The lowest BCUT2D eigenvalue weighted by molar-refractivity contribution is 0.00210. The second-order valence-corrected chi connectivity index (χ2v) is 8.99. The molecular formula is C22H28N2O4S. The van der Waals surface area contributed by atoms with Crippen LogP contribution >= 0.6 is 0 Å². The summed E-state index contributed by atoms with van der Waals surface area (Å²) in [6, 6.07) is 15.5. The monoisotopic (exact) mass is 416 g/mol. The van der Waals surface area contributed by atoms with Crippen molar-refractivity contribution in [2.24, 2.45) is 0 Å². The van der Waals surface area contributed by atoms with E-state index in [1.807, 2.05) is 30.3 Å². The summed E-state index contributed by atoms with van der Waals surface area (Å²) in [6.45, 7) is 4.15. The topological polar surface area (TPSA) is 75.7 Å². The van der Waals surface area contributed by atoms with Crippen molar-refractivity contribution >= 4 is 15.9 Å². The maximum atomic E-state index is 12.9. The third kappa shape index (κ3) is 5.88. The quantitative estimate of drug-likeness (QED) is 0.717. The zero-order valence-electron chi connectivity index (χ0n) is 16.7. The molecule has 156 valence electrons. The third-order valence-corrected chi connectivity index (χ3v) is 6.32. The molecule has 6 nitrogen and oxygen atoms in total. The molecule has 1 heterocycles. The van der Waals surface area contributed by atoms with E-state index >= 15 is 0 Å². The summed E-state index contributed by atoms with van der Waals surface area (Å²) < 4.78 is 33.7. The average molecular weight is 417 g/mol. The van der Waals surface area contributed by atoms with Crippen LogP contribution in [0.15, 0.2) is 59.5 Å². The van der Waals surface area contributed by atoms with Crippen molar-refractivity contribution in [1.82, 2.24) is 9.62 Å². The summed E-state index contributed by atoms with van der Waals surface area (Å²) in [5.41, 5.74) is 1.25. The van der Waals surface area contributed by atoms with Crippen molar-refractivity contribution < 1.29 is 17.9 Å². The minimum absolute atomic E-state index is 0.0482. The van der Waals surface area contributed by atoms with Crippen molar-refractivity contribution in [3.8, 4) is 0 Å². The number of rotatable bonds is 8. The lowest BCUT2D eigenvalue weighted by Crippen LogP contribution is -2.43. The van der Waals surface area contributed by atoms with Gasteiger partial charge in [0.15, 0.2) is 0 Å². The van der Waals surface area contributed by atoms with E-state index in [1.54, 1.807) is 17.0 Å². The minimum Gasteiger partial charge on any atom is -0.376 e. The van der Waals surface area contributed by atoms with Gasteiger partial charge in [0.25, 0.3) is 5.91 Å². The number of piperidine rings is 1. The van der Waals surface area contributed by atoms with E-state index in [0.29, 0.717) is 25.3 Å². The van der Waals surface area contributed by atoms with Crippen LogP contribution in [-0.4, -0.2) is 45.0 Å². The average Bonchev–Trinajstić information content (AvgIpc) is 2.77. The van der Waals surface area contributed by atoms with Crippen molar-refractivity contribution in [3.05, 3.63) is 65.7 Å². The SMILES string of the molecule is CCCOC1CCCN(C(=O)c2cccc(S(=O)(=O)NCc3ccccc3)c2)C1. The molecule has 3 rings (SSSR count). The molecule has 0 radical (unpaired) electrons. The molecule has 0 saturated carbocycles. The zero-order valence-corrected chi connectivity index (χ0v) is 17.5. The van der Waals surface area contributed by atoms with E-state index in [-0.39, 0.29) is 23.5 Å². The Balaban J connectivity index is 1.68. The molecule has 7 heteroatoms. The van der Waals surface area contributed by atoms with Gasteiger partial charge in [0, 0.05) is 31.8 Å². The Morgan fingerprint density at radius 1 is 1.17 bits per heavy atom. The summed E-state index contributed by atoms with van der Waals surface area (Å²) in [4.78, 5) is 14.8. The fraction of sp³-hybridized carbons (Fsp3) is 0.409. The molecule has 0 spiro atoms. The first-order valence-corrected chi connectivity index (χ1v) is 11.5. The molecule has 1 aliphatic rings. The van der Waals surface area contributed by atoms with Gasteiger partial charge >= 0.3 is 0 Å². The molecule has 1 unspecified atom stereocenters. The van der Waals surface area contributed by atoms with E-state index in [4.69, 9.17) is 4.74 Å². The molecule has 1 amide bonds. The van der Waals surface area contributed by atoms with Crippen molar-refractivity contribution in [3.63, 3.8) is 0 Å². The number of nitrogens with one attached hydrogen (secondary N) is 1. The van der Waals surface area contributed by atoms with Crippen LogP contribution in [0.3, 0.4) is 0 Å². The van der Waals surface area contributed by atoms with Crippen LogP contribution in [0.4, 0.5) is 0 Å². The smallest absolute Gasteiger partial charge is 0.253 e. The summed E-state index contributed by atoms with van der Waals surface area (Å²) in [5.74, 6) is -0.157. The normalized spacial score (nSPS) is 17.3. The first kappa shape index (κ1) is 21.5. The molecule has 1 saturated heterocycles. The van der Waals surface area contributed by atoms with E-state index in [2.05, 4.69) is 11.6 Å². The van der Waals surface area contributed by atoms with Crippen LogP contribution < -0.4 is 4.72 Å².